The van der Waals surface area contributed by atoms with Crippen LogP contribution in [0, 0.1) is 0 Å². The lowest BCUT2D eigenvalue weighted by Crippen LogP contribution is -2.06. The number of aromatic nitrogens is 5. The molecule has 0 atom stereocenters. The summed E-state index contributed by atoms with van der Waals surface area (Å²) in [5, 5.41) is 8.85. The fraction of sp³-hybridized carbons (Fsp3) is 0. The van der Waals surface area contributed by atoms with Crippen LogP contribution < -0.4 is 0 Å². The Balaban J connectivity index is 1.19. The molecule has 4 aromatic heterocycles. The predicted octanol–water partition coefficient (Wildman–Crippen LogP) is 11.6. The Labute approximate surface area is 297 Å². The van der Waals surface area contributed by atoms with Gasteiger partial charge in [-0.2, -0.15) is 9.97 Å². The van der Waals surface area contributed by atoms with Gasteiger partial charge in [0.05, 0.1) is 17.2 Å². The molecule has 0 radical (unpaired) electrons. The van der Waals surface area contributed by atoms with Gasteiger partial charge in [-0.1, -0.05) is 121 Å². The van der Waals surface area contributed by atoms with Crippen LogP contribution in [0.15, 0.2) is 168 Å². The minimum absolute atomic E-state index is 0.524. The van der Waals surface area contributed by atoms with Gasteiger partial charge in [0.1, 0.15) is 5.58 Å². The number of benzene rings is 7. The molecule has 0 fully saturated rings. The number of furan rings is 1. The molecule has 0 N–H and O–H groups in total. The van der Waals surface area contributed by atoms with Gasteiger partial charge in [0, 0.05) is 38.9 Å². The van der Waals surface area contributed by atoms with E-state index in [1.807, 2.05) is 30.5 Å². The van der Waals surface area contributed by atoms with Gasteiger partial charge in [-0.25, -0.2) is 4.98 Å². The Hall–Kier alpha value is -7.18. The van der Waals surface area contributed by atoms with Crippen LogP contribution in [0.2, 0.25) is 0 Å². The van der Waals surface area contributed by atoms with Gasteiger partial charge >= 0.3 is 0 Å². The SMILES string of the molecule is c1ccc(-c2ccc3cc(-c4nc(-c5cncc6oc7ccccc7c56)nc(-n5c6ccccc6c6c7ccccc7ccc65)n4)ccc3c2)cc1. The predicted molar refractivity (Wildman–Crippen MR) is 211 cm³/mol. The minimum Gasteiger partial charge on any atom is -0.454 e. The van der Waals surface area contributed by atoms with Crippen molar-refractivity contribution in [1.82, 2.24) is 24.5 Å². The molecule has 11 aromatic rings. The quantitative estimate of drug-likeness (QED) is 0.187. The van der Waals surface area contributed by atoms with Gasteiger partial charge in [-0.15, -0.1) is 0 Å². The highest BCUT2D eigenvalue weighted by Crippen LogP contribution is 2.39. The summed E-state index contributed by atoms with van der Waals surface area (Å²) in [7, 11) is 0. The summed E-state index contributed by atoms with van der Waals surface area (Å²) in [6.07, 6.45) is 3.59. The van der Waals surface area contributed by atoms with E-state index in [9.17, 15) is 0 Å². The monoisotopic (exact) mass is 665 g/mol. The summed E-state index contributed by atoms with van der Waals surface area (Å²) in [5.41, 5.74) is 7.57. The van der Waals surface area contributed by atoms with Gasteiger partial charge in [-0.3, -0.25) is 9.55 Å². The maximum atomic E-state index is 6.24. The molecule has 0 amide bonds. The standard InChI is InChI=1S/C46H27N5O/c1-2-10-28(11-3-1)30-18-19-32-25-33(21-20-31(32)24-30)44-48-45(37-26-47-27-41-43(37)36-15-7-9-17-40(36)52-41)50-46(49-44)51-38-16-8-6-14-35(38)42-34-13-5-4-12-29(34)22-23-39(42)51/h1-27H. The van der Waals surface area contributed by atoms with Crippen molar-refractivity contribution in [2.75, 3.05) is 0 Å². The fourth-order valence-corrected chi connectivity index (χ4v) is 7.71. The van der Waals surface area contributed by atoms with Crippen molar-refractivity contribution >= 4 is 65.3 Å². The normalized spacial score (nSPS) is 11.8. The summed E-state index contributed by atoms with van der Waals surface area (Å²) in [4.78, 5) is 20.3. The van der Waals surface area contributed by atoms with Gasteiger partial charge in [0.2, 0.25) is 5.95 Å². The van der Waals surface area contributed by atoms with Crippen molar-refractivity contribution in [3.8, 4) is 39.9 Å². The molecular formula is C46H27N5O. The van der Waals surface area contributed by atoms with Crippen molar-refractivity contribution in [3.63, 3.8) is 0 Å². The topological polar surface area (TPSA) is 69.6 Å². The zero-order chi connectivity index (χ0) is 34.2. The van der Waals surface area contributed by atoms with E-state index in [0.29, 0.717) is 23.2 Å². The van der Waals surface area contributed by atoms with Crippen molar-refractivity contribution in [1.29, 1.82) is 0 Å². The molecule has 7 aromatic carbocycles. The molecule has 0 unspecified atom stereocenters. The Morgan fingerprint density at radius 3 is 2.00 bits per heavy atom. The fourth-order valence-electron chi connectivity index (χ4n) is 7.71. The molecule has 0 aliphatic heterocycles. The number of nitrogens with zero attached hydrogens (tertiary/aromatic N) is 5. The largest absolute Gasteiger partial charge is 0.454 e. The van der Waals surface area contributed by atoms with E-state index in [4.69, 9.17) is 19.4 Å². The molecule has 4 heterocycles. The number of pyridine rings is 1. The first kappa shape index (κ1) is 28.6. The van der Waals surface area contributed by atoms with Crippen molar-refractivity contribution in [3.05, 3.63) is 164 Å². The van der Waals surface area contributed by atoms with Crippen LogP contribution in [-0.2, 0) is 0 Å². The van der Waals surface area contributed by atoms with Crippen LogP contribution in [0.5, 0.6) is 0 Å². The van der Waals surface area contributed by atoms with Crippen LogP contribution in [0.1, 0.15) is 0 Å². The minimum atomic E-state index is 0.524. The Bertz CT molecular complexity index is 3200. The highest BCUT2D eigenvalue weighted by atomic mass is 16.3. The molecule has 0 bridgehead atoms. The van der Waals surface area contributed by atoms with Gasteiger partial charge in [0.15, 0.2) is 17.2 Å². The summed E-state index contributed by atoms with van der Waals surface area (Å²) in [6.45, 7) is 0. The Kier molecular flexibility index (Phi) is 6.15. The zero-order valence-electron chi connectivity index (χ0n) is 27.7. The molecule has 0 spiro atoms. The number of rotatable bonds is 4. The first-order chi connectivity index (χ1) is 25.8. The molecule has 242 valence electrons. The van der Waals surface area contributed by atoms with Crippen LogP contribution in [0.3, 0.4) is 0 Å². The highest BCUT2D eigenvalue weighted by Gasteiger charge is 2.21. The van der Waals surface area contributed by atoms with Crippen molar-refractivity contribution in [2.24, 2.45) is 0 Å². The average molecular weight is 666 g/mol. The molecular weight excluding hydrogens is 639 g/mol. The van der Waals surface area contributed by atoms with Crippen molar-refractivity contribution in [2.45, 2.75) is 0 Å². The van der Waals surface area contributed by atoms with Gasteiger partial charge in [-0.05, 0) is 63.0 Å². The average Bonchev–Trinajstić information content (AvgIpc) is 3.77. The van der Waals surface area contributed by atoms with Crippen molar-refractivity contribution < 1.29 is 4.42 Å². The number of para-hydroxylation sites is 2. The molecule has 6 heteroatoms. The van der Waals surface area contributed by atoms with Crippen LogP contribution in [-0.4, -0.2) is 24.5 Å². The molecule has 0 aliphatic rings. The van der Waals surface area contributed by atoms with E-state index in [1.54, 1.807) is 6.20 Å². The van der Waals surface area contributed by atoms with E-state index in [1.165, 1.54) is 27.3 Å². The van der Waals surface area contributed by atoms with E-state index in [2.05, 4.69) is 137 Å². The van der Waals surface area contributed by atoms with Gasteiger partial charge in [0.25, 0.3) is 0 Å². The summed E-state index contributed by atoms with van der Waals surface area (Å²) >= 11 is 0. The maximum absolute atomic E-state index is 6.24. The van der Waals surface area contributed by atoms with E-state index in [-0.39, 0.29) is 0 Å². The summed E-state index contributed by atoms with van der Waals surface area (Å²) < 4.78 is 8.41. The number of hydrogen-bond acceptors (Lipinski definition) is 5. The Morgan fingerprint density at radius 2 is 1.12 bits per heavy atom. The van der Waals surface area contributed by atoms with E-state index in [0.717, 1.165) is 54.7 Å². The molecule has 0 aliphatic carbocycles. The molecule has 52 heavy (non-hydrogen) atoms. The van der Waals surface area contributed by atoms with E-state index < -0.39 is 0 Å². The number of hydrogen-bond donors (Lipinski definition) is 0. The second kappa shape index (κ2) is 11.2. The van der Waals surface area contributed by atoms with Crippen LogP contribution in [0.4, 0.5) is 0 Å². The lowest BCUT2D eigenvalue weighted by molar-refractivity contribution is 0.667. The third-order valence-corrected chi connectivity index (χ3v) is 10.1. The smallest absolute Gasteiger partial charge is 0.238 e. The lowest BCUT2D eigenvalue weighted by Gasteiger charge is -2.12. The van der Waals surface area contributed by atoms with Crippen LogP contribution in [0.25, 0.3) is 105 Å². The van der Waals surface area contributed by atoms with E-state index >= 15 is 0 Å². The molecule has 11 rings (SSSR count). The first-order valence-electron chi connectivity index (χ1n) is 17.3. The van der Waals surface area contributed by atoms with Gasteiger partial charge < -0.3 is 4.42 Å². The second-order valence-corrected chi connectivity index (χ2v) is 13.1. The molecule has 0 saturated heterocycles. The zero-order valence-corrected chi connectivity index (χ0v) is 27.7. The maximum Gasteiger partial charge on any atom is 0.238 e. The summed E-state index contributed by atoms with van der Waals surface area (Å²) in [6, 6.07) is 52.8. The molecule has 6 nitrogen and oxygen atoms in total. The third kappa shape index (κ3) is 4.38. The highest BCUT2D eigenvalue weighted by molar-refractivity contribution is 6.21. The van der Waals surface area contributed by atoms with Crippen LogP contribution >= 0.6 is 0 Å². The molecule has 0 saturated carbocycles. The Morgan fingerprint density at radius 1 is 0.423 bits per heavy atom. The third-order valence-electron chi connectivity index (χ3n) is 10.1. The first-order valence-corrected chi connectivity index (χ1v) is 17.3. The lowest BCUT2D eigenvalue weighted by atomic mass is 10.00. The second-order valence-electron chi connectivity index (χ2n) is 13.1. The number of fused-ring (bicyclic) bond motifs is 9. The summed E-state index contributed by atoms with van der Waals surface area (Å²) in [5.74, 6) is 1.63.